The molecule has 7 heteroatoms. The van der Waals surface area contributed by atoms with Crippen molar-refractivity contribution >= 4 is 39.3 Å². The van der Waals surface area contributed by atoms with Crippen LogP contribution in [0.15, 0.2) is 73.6 Å². The summed E-state index contributed by atoms with van der Waals surface area (Å²) in [6, 6.07) is 17.9. The van der Waals surface area contributed by atoms with E-state index in [1.165, 1.54) is 12.4 Å². The molecular formula is C24H20N6O. The number of nitrogens with two attached hydrogens (primary N) is 1. The molecule has 4 N–H and O–H groups in total. The summed E-state index contributed by atoms with van der Waals surface area (Å²) in [5, 5.41) is 4.68. The third kappa shape index (κ3) is 3.03. The summed E-state index contributed by atoms with van der Waals surface area (Å²) in [6.45, 7) is 3.49. The number of aromatic nitrogens is 4. The summed E-state index contributed by atoms with van der Waals surface area (Å²) < 4.78 is 2.02. The van der Waals surface area contributed by atoms with Crippen LogP contribution >= 0.6 is 0 Å². The van der Waals surface area contributed by atoms with Crippen molar-refractivity contribution in [2.45, 2.75) is 0 Å². The van der Waals surface area contributed by atoms with Crippen LogP contribution in [-0.4, -0.2) is 25.4 Å². The van der Waals surface area contributed by atoms with E-state index >= 15 is 0 Å². The number of para-hydroxylation sites is 1. The second-order valence-electron chi connectivity index (χ2n) is 7.28. The van der Waals surface area contributed by atoms with Crippen molar-refractivity contribution in [3.63, 3.8) is 0 Å². The number of amides is 1. The normalized spacial score (nSPS) is 11.1. The predicted molar refractivity (Wildman–Crippen MR) is 124 cm³/mol. The molecule has 0 aliphatic heterocycles. The molecule has 0 atom stereocenters. The Kier molecular flexibility index (Phi) is 4.29. The smallest absolute Gasteiger partial charge is 0.247 e. The lowest BCUT2D eigenvalue weighted by atomic mass is 10.0. The Bertz CT molecular complexity index is 1430. The number of hydrogen-bond acceptors (Lipinski definition) is 4. The fourth-order valence-corrected chi connectivity index (χ4v) is 3.99. The number of anilines is 2. The van der Waals surface area contributed by atoms with Crippen LogP contribution in [0, 0.1) is 0 Å². The SMILES string of the molecule is C=CC(=O)Nc1ccc(-c2c(-c3cc4ccccc4[nH]3)c3c(N)ncnc3n2C)cc1. The number of fused-ring (bicyclic) bond motifs is 2. The third-order valence-electron chi connectivity index (χ3n) is 5.41. The minimum Gasteiger partial charge on any atom is -0.383 e. The molecule has 0 radical (unpaired) electrons. The molecule has 5 aromatic rings. The first kappa shape index (κ1) is 18.6. The Morgan fingerprint density at radius 2 is 1.94 bits per heavy atom. The maximum absolute atomic E-state index is 11.6. The molecule has 3 aromatic heterocycles. The van der Waals surface area contributed by atoms with Crippen LogP contribution in [0.25, 0.3) is 44.5 Å². The van der Waals surface area contributed by atoms with E-state index in [0.717, 1.165) is 44.5 Å². The van der Waals surface area contributed by atoms with Gasteiger partial charge in [-0.15, -0.1) is 0 Å². The van der Waals surface area contributed by atoms with Crippen molar-refractivity contribution in [1.29, 1.82) is 0 Å². The molecule has 0 saturated carbocycles. The van der Waals surface area contributed by atoms with Gasteiger partial charge in [0.2, 0.25) is 5.91 Å². The minimum atomic E-state index is -0.251. The summed E-state index contributed by atoms with van der Waals surface area (Å²) in [7, 11) is 1.96. The summed E-state index contributed by atoms with van der Waals surface area (Å²) in [6.07, 6.45) is 2.72. The monoisotopic (exact) mass is 408 g/mol. The van der Waals surface area contributed by atoms with Gasteiger partial charge >= 0.3 is 0 Å². The molecule has 2 aromatic carbocycles. The first-order chi connectivity index (χ1) is 15.1. The van der Waals surface area contributed by atoms with Crippen LogP contribution in [0.4, 0.5) is 11.5 Å². The van der Waals surface area contributed by atoms with E-state index in [2.05, 4.69) is 39.0 Å². The van der Waals surface area contributed by atoms with Crippen LogP contribution in [0.3, 0.4) is 0 Å². The van der Waals surface area contributed by atoms with Crippen LogP contribution in [-0.2, 0) is 11.8 Å². The highest BCUT2D eigenvalue weighted by Gasteiger charge is 2.23. The van der Waals surface area contributed by atoms with Crippen LogP contribution in [0.1, 0.15) is 0 Å². The Balaban J connectivity index is 1.75. The molecule has 0 spiro atoms. The van der Waals surface area contributed by atoms with Crippen LogP contribution in [0.5, 0.6) is 0 Å². The van der Waals surface area contributed by atoms with Crippen molar-refractivity contribution in [2.75, 3.05) is 11.1 Å². The molecule has 0 aliphatic rings. The molecule has 0 aliphatic carbocycles. The average molecular weight is 408 g/mol. The quantitative estimate of drug-likeness (QED) is 0.381. The van der Waals surface area contributed by atoms with E-state index in [4.69, 9.17) is 5.73 Å². The van der Waals surface area contributed by atoms with E-state index in [0.29, 0.717) is 11.5 Å². The van der Waals surface area contributed by atoms with Crippen LogP contribution in [0.2, 0.25) is 0 Å². The second kappa shape index (κ2) is 7.14. The molecule has 0 unspecified atom stereocenters. The van der Waals surface area contributed by atoms with Gasteiger partial charge in [-0.05, 0) is 35.9 Å². The Morgan fingerprint density at radius 1 is 1.16 bits per heavy atom. The van der Waals surface area contributed by atoms with E-state index in [9.17, 15) is 4.79 Å². The number of carbonyl (C=O) groups excluding carboxylic acids is 1. The van der Waals surface area contributed by atoms with Gasteiger partial charge in [-0.2, -0.15) is 0 Å². The number of nitrogens with zero attached hydrogens (tertiary/aromatic N) is 3. The molecule has 5 rings (SSSR count). The molecule has 152 valence electrons. The van der Waals surface area contributed by atoms with E-state index < -0.39 is 0 Å². The number of H-pyrrole nitrogens is 1. The molecule has 0 fully saturated rings. The molecule has 0 saturated heterocycles. The van der Waals surface area contributed by atoms with Gasteiger partial charge in [0.1, 0.15) is 17.8 Å². The first-order valence-corrected chi connectivity index (χ1v) is 9.77. The van der Waals surface area contributed by atoms with E-state index in [1.54, 1.807) is 0 Å². The Morgan fingerprint density at radius 3 is 2.68 bits per heavy atom. The first-order valence-electron chi connectivity index (χ1n) is 9.77. The lowest BCUT2D eigenvalue weighted by molar-refractivity contribution is -0.111. The number of hydrogen-bond donors (Lipinski definition) is 3. The molecule has 1 amide bonds. The Labute approximate surface area is 178 Å². The van der Waals surface area contributed by atoms with Gasteiger partial charge in [0.25, 0.3) is 0 Å². The van der Waals surface area contributed by atoms with Crippen molar-refractivity contribution in [2.24, 2.45) is 7.05 Å². The van der Waals surface area contributed by atoms with Gasteiger partial charge < -0.3 is 20.6 Å². The van der Waals surface area contributed by atoms with Gasteiger partial charge in [-0.3, -0.25) is 4.79 Å². The summed E-state index contributed by atoms with van der Waals surface area (Å²) in [4.78, 5) is 23.8. The number of carbonyl (C=O) groups is 1. The zero-order chi connectivity index (χ0) is 21.5. The molecule has 0 bridgehead atoms. The number of aromatic amines is 1. The van der Waals surface area contributed by atoms with Crippen molar-refractivity contribution in [3.05, 3.63) is 73.6 Å². The standard InChI is InChI=1S/C24H20N6O/c1-3-19(31)28-16-10-8-14(9-11-16)22-20(18-12-15-6-4-5-7-17(15)29-18)21-23(25)26-13-27-24(21)30(22)2/h3-13,29H,1H2,2H3,(H,28,31)(H2,25,26,27). The number of nitrogens with one attached hydrogen (secondary N) is 2. The fourth-order valence-electron chi connectivity index (χ4n) is 3.99. The molecule has 3 heterocycles. The highest BCUT2D eigenvalue weighted by atomic mass is 16.1. The van der Waals surface area contributed by atoms with Crippen molar-refractivity contribution in [1.82, 2.24) is 19.5 Å². The fraction of sp³-hybridized carbons (Fsp3) is 0.0417. The van der Waals surface area contributed by atoms with E-state index in [-0.39, 0.29) is 5.91 Å². The average Bonchev–Trinajstić information content (AvgIpc) is 3.34. The van der Waals surface area contributed by atoms with Gasteiger partial charge in [0.05, 0.1) is 11.1 Å². The zero-order valence-corrected chi connectivity index (χ0v) is 16.9. The summed E-state index contributed by atoms with van der Waals surface area (Å²) in [5.41, 5.74) is 12.6. The van der Waals surface area contributed by atoms with Gasteiger partial charge in [-0.25, -0.2) is 9.97 Å². The molecule has 7 nitrogen and oxygen atoms in total. The number of aryl methyl sites for hydroxylation is 1. The van der Waals surface area contributed by atoms with E-state index in [1.807, 2.05) is 54.1 Å². The van der Waals surface area contributed by atoms with Crippen LogP contribution < -0.4 is 11.1 Å². The zero-order valence-electron chi connectivity index (χ0n) is 16.9. The number of rotatable bonds is 4. The molecular weight excluding hydrogens is 388 g/mol. The van der Waals surface area contributed by atoms with Gasteiger partial charge in [0, 0.05) is 34.9 Å². The second-order valence-corrected chi connectivity index (χ2v) is 7.28. The third-order valence-corrected chi connectivity index (χ3v) is 5.41. The number of nitrogen functional groups attached to an aromatic ring is 1. The molecule has 31 heavy (non-hydrogen) atoms. The summed E-state index contributed by atoms with van der Waals surface area (Å²) >= 11 is 0. The highest BCUT2D eigenvalue weighted by Crippen LogP contribution is 2.42. The lowest BCUT2D eigenvalue weighted by Crippen LogP contribution is -2.06. The van der Waals surface area contributed by atoms with Crippen molar-refractivity contribution < 1.29 is 4.79 Å². The van der Waals surface area contributed by atoms with Crippen molar-refractivity contribution in [3.8, 4) is 22.5 Å². The topological polar surface area (TPSA) is 102 Å². The van der Waals surface area contributed by atoms with Gasteiger partial charge in [-0.1, -0.05) is 36.9 Å². The maximum atomic E-state index is 11.6. The lowest BCUT2D eigenvalue weighted by Gasteiger charge is -2.09. The predicted octanol–water partition coefficient (Wildman–Crippen LogP) is 4.49. The summed E-state index contributed by atoms with van der Waals surface area (Å²) in [5.74, 6) is 0.176. The Hall–Kier alpha value is -4.39. The minimum absolute atomic E-state index is 0.251. The largest absolute Gasteiger partial charge is 0.383 e. The maximum Gasteiger partial charge on any atom is 0.247 e. The van der Waals surface area contributed by atoms with Gasteiger partial charge in [0.15, 0.2) is 0 Å². The number of benzene rings is 2. The highest BCUT2D eigenvalue weighted by molar-refractivity contribution is 6.08.